The van der Waals surface area contributed by atoms with Crippen LogP contribution < -0.4 is 0 Å². The van der Waals surface area contributed by atoms with Gasteiger partial charge in [0.1, 0.15) is 5.21 Å². The first kappa shape index (κ1) is 7.76. The summed E-state index contributed by atoms with van der Waals surface area (Å²) in [7, 11) is -1.02. The van der Waals surface area contributed by atoms with E-state index < -0.39 is 10.8 Å². The van der Waals surface area contributed by atoms with Gasteiger partial charge in [0.25, 0.3) is 0 Å². The quantitative estimate of drug-likeness (QED) is 0.627. The summed E-state index contributed by atoms with van der Waals surface area (Å²) in [6.45, 7) is 0. The summed E-state index contributed by atoms with van der Waals surface area (Å²) in [6, 6.07) is 9.19. The van der Waals surface area contributed by atoms with Crippen LogP contribution in [0.5, 0.6) is 0 Å². The molecule has 0 radical (unpaired) electrons. The average molecular weight is 175 g/mol. The van der Waals surface area contributed by atoms with Crippen LogP contribution in [0.2, 0.25) is 0 Å². The predicted octanol–water partition coefficient (Wildman–Crippen LogP) is 1.99. The lowest BCUT2D eigenvalue weighted by Gasteiger charge is -1.94. The molecule has 1 rings (SSSR count). The molecule has 10 heavy (non-hydrogen) atoms. The molecule has 0 saturated heterocycles. The third kappa shape index (κ3) is 1.82. The van der Waals surface area contributed by atoms with Crippen molar-refractivity contribution in [1.29, 1.82) is 0 Å². The van der Waals surface area contributed by atoms with Gasteiger partial charge in [-0.05, 0) is 12.1 Å². The van der Waals surface area contributed by atoms with Crippen molar-refractivity contribution in [3.63, 3.8) is 0 Å². The van der Waals surface area contributed by atoms with Gasteiger partial charge in [0.15, 0.2) is 0 Å². The molecule has 0 aromatic heterocycles. The second-order valence-corrected chi connectivity index (χ2v) is 3.80. The highest BCUT2D eigenvalue weighted by Gasteiger charge is 1.97. The minimum atomic E-state index is -1.02. The Balaban J connectivity index is 2.85. The lowest BCUT2D eigenvalue weighted by molar-refractivity contribution is 0.686. The fraction of sp³-hybridized carbons (Fsp3) is 0.143. The number of halogens is 1. The summed E-state index contributed by atoms with van der Waals surface area (Å²) in [6.07, 6.45) is 0. The number of hydrogen-bond acceptors (Lipinski definition) is 1. The molecule has 0 aliphatic carbocycles. The minimum absolute atomic E-state index is 0.171. The largest absolute Gasteiger partial charge is 0.253 e. The molecule has 0 saturated carbocycles. The maximum Gasteiger partial charge on any atom is 0.103 e. The molecular weight excluding hydrogens is 168 g/mol. The first-order chi connectivity index (χ1) is 4.84. The Morgan fingerprint density at radius 1 is 1.30 bits per heavy atom. The maximum atomic E-state index is 11.0. The van der Waals surface area contributed by atoms with Gasteiger partial charge in [-0.3, -0.25) is 4.21 Å². The van der Waals surface area contributed by atoms with E-state index in [4.69, 9.17) is 11.6 Å². The Hall–Kier alpha value is -0.340. The SMILES string of the molecule is O=[S@@](CCl)c1ccccc1. The third-order valence-corrected chi connectivity index (χ3v) is 2.70. The Bertz CT molecular complexity index is 222. The molecule has 0 aliphatic rings. The molecule has 0 unspecified atom stereocenters. The summed E-state index contributed by atoms with van der Waals surface area (Å²) >= 11 is 5.39. The van der Waals surface area contributed by atoms with Gasteiger partial charge in [0, 0.05) is 4.90 Å². The minimum Gasteiger partial charge on any atom is -0.253 e. The topological polar surface area (TPSA) is 17.1 Å². The molecule has 1 nitrogen and oxygen atoms in total. The highest BCUT2D eigenvalue weighted by Crippen LogP contribution is 2.05. The molecular formula is C7H7ClOS. The second-order valence-electron chi connectivity index (χ2n) is 1.77. The van der Waals surface area contributed by atoms with E-state index in [2.05, 4.69) is 0 Å². The molecule has 1 atom stereocenters. The lowest BCUT2D eigenvalue weighted by atomic mass is 10.4. The fourth-order valence-corrected chi connectivity index (χ4v) is 1.60. The van der Waals surface area contributed by atoms with E-state index in [0.29, 0.717) is 0 Å². The van der Waals surface area contributed by atoms with Crippen molar-refractivity contribution in [2.75, 3.05) is 5.21 Å². The highest BCUT2D eigenvalue weighted by molar-refractivity contribution is 7.86. The van der Waals surface area contributed by atoms with E-state index in [9.17, 15) is 4.21 Å². The van der Waals surface area contributed by atoms with Crippen molar-refractivity contribution in [3.05, 3.63) is 30.3 Å². The molecule has 54 valence electrons. The van der Waals surface area contributed by atoms with Crippen molar-refractivity contribution < 1.29 is 4.21 Å². The van der Waals surface area contributed by atoms with Crippen molar-refractivity contribution >= 4 is 22.4 Å². The summed E-state index contributed by atoms with van der Waals surface area (Å²) < 4.78 is 11.0. The highest BCUT2D eigenvalue weighted by atomic mass is 35.5. The fourth-order valence-electron chi connectivity index (χ4n) is 0.635. The smallest absolute Gasteiger partial charge is 0.103 e. The van der Waals surface area contributed by atoms with Crippen LogP contribution in [-0.2, 0) is 10.8 Å². The van der Waals surface area contributed by atoms with E-state index >= 15 is 0 Å². The molecule has 0 bridgehead atoms. The van der Waals surface area contributed by atoms with Crippen LogP contribution in [0.1, 0.15) is 0 Å². The first-order valence-corrected chi connectivity index (χ1v) is 4.69. The number of rotatable bonds is 2. The third-order valence-electron chi connectivity index (χ3n) is 1.11. The van der Waals surface area contributed by atoms with Crippen LogP contribution in [0, 0.1) is 0 Å². The van der Waals surface area contributed by atoms with E-state index in [-0.39, 0.29) is 5.21 Å². The van der Waals surface area contributed by atoms with Gasteiger partial charge in [-0.15, -0.1) is 11.6 Å². The number of hydrogen-bond donors (Lipinski definition) is 0. The molecule has 0 heterocycles. The molecule has 0 aliphatic heterocycles. The number of benzene rings is 1. The van der Waals surface area contributed by atoms with E-state index in [1.807, 2.05) is 18.2 Å². The van der Waals surface area contributed by atoms with Crippen molar-refractivity contribution in [2.45, 2.75) is 4.90 Å². The van der Waals surface area contributed by atoms with Crippen LogP contribution in [-0.4, -0.2) is 9.42 Å². The van der Waals surface area contributed by atoms with Gasteiger partial charge >= 0.3 is 0 Å². The zero-order valence-corrected chi connectivity index (χ0v) is 6.86. The molecule has 0 fully saturated rings. The van der Waals surface area contributed by atoms with Crippen molar-refractivity contribution in [2.24, 2.45) is 0 Å². The van der Waals surface area contributed by atoms with E-state index in [1.165, 1.54) is 0 Å². The normalized spacial score (nSPS) is 12.9. The van der Waals surface area contributed by atoms with E-state index in [0.717, 1.165) is 4.90 Å². The molecule has 1 aromatic rings. The average Bonchev–Trinajstić information content (AvgIpc) is 2.05. The second kappa shape index (κ2) is 3.74. The van der Waals surface area contributed by atoms with Crippen LogP contribution >= 0.6 is 11.6 Å². The van der Waals surface area contributed by atoms with Crippen LogP contribution in [0.25, 0.3) is 0 Å². The summed E-state index contributed by atoms with van der Waals surface area (Å²) in [5.74, 6) is 0. The molecule has 0 amide bonds. The van der Waals surface area contributed by atoms with Gasteiger partial charge in [-0.2, -0.15) is 0 Å². The van der Waals surface area contributed by atoms with Gasteiger partial charge in [0.05, 0.1) is 10.8 Å². The summed E-state index contributed by atoms with van der Waals surface area (Å²) in [5, 5.41) is 0.171. The molecule has 0 N–H and O–H groups in total. The Kier molecular flexibility index (Phi) is 2.90. The van der Waals surface area contributed by atoms with Crippen LogP contribution in [0.3, 0.4) is 0 Å². The molecule has 3 heteroatoms. The zero-order valence-electron chi connectivity index (χ0n) is 5.29. The van der Waals surface area contributed by atoms with Gasteiger partial charge in [-0.1, -0.05) is 18.2 Å². The summed E-state index contributed by atoms with van der Waals surface area (Å²) in [4.78, 5) is 0.789. The lowest BCUT2D eigenvalue weighted by Crippen LogP contribution is -1.89. The van der Waals surface area contributed by atoms with Crippen molar-refractivity contribution in [3.8, 4) is 0 Å². The van der Waals surface area contributed by atoms with Crippen LogP contribution in [0.4, 0.5) is 0 Å². The molecule has 1 aromatic carbocycles. The maximum absolute atomic E-state index is 11.0. The number of alkyl halides is 1. The summed E-state index contributed by atoms with van der Waals surface area (Å²) in [5.41, 5.74) is 0. The Labute approximate surface area is 67.5 Å². The van der Waals surface area contributed by atoms with Gasteiger partial charge in [-0.25, -0.2) is 0 Å². The van der Waals surface area contributed by atoms with Crippen molar-refractivity contribution in [1.82, 2.24) is 0 Å². The van der Waals surface area contributed by atoms with Crippen LogP contribution in [0.15, 0.2) is 35.2 Å². The monoisotopic (exact) mass is 174 g/mol. The predicted molar refractivity (Wildman–Crippen MR) is 43.6 cm³/mol. The Morgan fingerprint density at radius 2 is 1.90 bits per heavy atom. The van der Waals surface area contributed by atoms with E-state index in [1.54, 1.807) is 12.1 Å². The zero-order chi connectivity index (χ0) is 7.40. The van der Waals surface area contributed by atoms with Gasteiger partial charge in [0.2, 0.25) is 0 Å². The molecule has 0 spiro atoms. The standard InChI is InChI=1S/C7H7ClOS/c8-6-10(9)7-4-2-1-3-5-7/h1-5H,6H2/t10-/m0/s1. The van der Waals surface area contributed by atoms with Gasteiger partial charge < -0.3 is 0 Å². The first-order valence-electron chi connectivity index (χ1n) is 2.84. The Morgan fingerprint density at radius 3 is 2.40 bits per heavy atom.